The molecular weight excluding hydrogens is 380 g/mol. The highest BCUT2D eigenvalue weighted by atomic mass is 35.5. The van der Waals surface area contributed by atoms with Gasteiger partial charge in [-0.15, -0.1) is 0 Å². The van der Waals surface area contributed by atoms with Gasteiger partial charge in [0, 0.05) is 11.6 Å². The SMILES string of the molecule is NC(=O)NC(CC(=O)NCc1ccc(OC(F)F)cc1)c1ccccc1Cl. The van der Waals surface area contributed by atoms with Gasteiger partial charge in [0.15, 0.2) is 0 Å². The van der Waals surface area contributed by atoms with E-state index in [0.29, 0.717) is 16.1 Å². The molecule has 0 saturated carbocycles. The lowest BCUT2D eigenvalue weighted by atomic mass is 10.0. The fourth-order valence-electron chi connectivity index (χ4n) is 2.42. The number of benzene rings is 2. The van der Waals surface area contributed by atoms with E-state index in [2.05, 4.69) is 15.4 Å². The average Bonchev–Trinajstić information content (AvgIpc) is 2.60. The van der Waals surface area contributed by atoms with Crippen LogP contribution in [0, 0.1) is 0 Å². The summed E-state index contributed by atoms with van der Waals surface area (Å²) in [7, 11) is 0. The van der Waals surface area contributed by atoms with Gasteiger partial charge in [0.05, 0.1) is 12.5 Å². The standard InChI is InChI=1S/C18H18ClF2N3O3/c19-14-4-2-1-3-13(14)15(24-18(22)26)9-16(25)23-10-11-5-7-12(8-6-11)27-17(20)21/h1-8,15,17H,9-10H2,(H,23,25)(H3,22,24,26). The van der Waals surface area contributed by atoms with Crippen LogP contribution in [-0.2, 0) is 11.3 Å². The molecule has 144 valence electrons. The molecule has 6 nitrogen and oxygen atoms in total. The number of amides is 3. The van der Waals surface area contributed by atoms with Crippen LogP contribution < -0.4 is 21.1 Å². The molecule has 0 saturated heterocycles. The van der Waals surface area contributed by atoms with E-state index >= 15 is 0 Å². The van der Waals surface area contributed by atoms with Gasteiger partial charge in [0.1, 0.15) is 5.75 Å². The molecule has 2 aromatic rings. The van der Waals surface area contributed by atoms with E-state index in [1.54, 1.807) is 36.4 Å². The number of hydrogen-bond donors (Lipinski definition) is 3. The molecule has 9 heteroatoms. The molecule has 1 atom stereocenters. The van der Waals surface area contributed by atoms with Crippen LogP contribution in [0.4, 0.5) is 13.6 Å². The number of hydrogen-bond acceptors (Lipinski definition) is 3. The molecule has 0 aliphatic heterocycles. The van der Waals surface area contributed by atoms with Gasteiger partial charge in [-0.1, -0.05) is 41.9 Å². The van der Waals surface area contributed by atoms with Crippen LogP contribution >= 0.6 is 11.6 Å². The second-order valence-corrected chi connectivity index (χ2v) is 5.99. The summed E-state index contributed by atoms with van der Waals surface area (Å²) in [6, 6.07) is 11.2. The zero-order chi connectivity index (χ0) is 19.8. The van der Waals surface area contributed by atoms with Crippen molar-refractivity contribution in [3.8, 4) is 5.75 Å². The quantitative estimate of drug-likeness (QED) is 0.637. The van der Waals surface area contributed by atoms with E-state index in [1.165, 1.54) is 12.1 Å². The van der Waals surface area contributed by atoms with Crippen molar-refractivity contribution < 1.29 is 23.1 Å². The summed E-state index contributed by atoms with van der Waals surface area (Å²) in [5.41, 5.74) is 6.45. The first-order chi connectivity index (χ1) is 12.8. The van der Waals surface area contributed by atoms with Crippen molar-refractivity contribution in [2.75, 3.05) is 0 Å². The van der Waals surface area contributed by atoms with Crippen molar-refractivity contribution >= 4 is 23.5 Å². The molecule has 0 fully saturated rings. The normalized spacial score (nSPS) is 11.7. The minimum atomic E-state index is -2.89. The Kier molecular flexibility index (Phi) is 7.36. The monoisotopic (exact) mass is 397 g/mol. The third-order valence-corrected chi connectivity index (χ3v) is 3.97. The van der Waals surface area contributed by atoms with Gasteiger partial charge in [0.25, 0.3) is 0 Å². The van der Waals surface area contributed by atoms with Gasteiger partial charge in [-0.2, -0.15) is 8.78 Å². The summed E-state index contributed by atoms with van der Waals surface area (Å²) in [6.45, 7) is -2.71. The van der Waals surface area contributed by atoms with E-state index < -0.39 is 18.7 Å². The highest BCUT2D eigenvalue weighted by molar-refractivity contribution is 6.31. The number of rotatable bonds is 8. The average molecular weight is 398 g/mol. The first-order valence-electron chi connectivity index (χ1n) is 7.96. The summed E-state index contributed by atoms with van der Waals surface area (Å²) in [4.78, 5) is 23.5. The molecule has 0 heterocycles. The predicted molar refractivity (Wildman–Crippen MR) is 96.4 cm³/mol. The number of urea groups is 1. The topological polar surface area (TPSA) is 93.5 Å². The Morgan fingerprint density at radius 1 is 1.11 bits per heavy atom. The Labute approximate surface area is 159 Å². The molecule has 0 radical (unpaired) electrons. The summed E-state index contributed by atoms with van der Waals surface area (Å²) in [5.74, 6) is -0.314. The molecule has 3 amide bonds. The Hall–Kier alpha value is -2.87. The van der Waals surface area contributed by atoms with Crippen LogP contribution in [0.2, 0.25) is 5.02 Å². The van der Waals surface area contributed by atoms with E-state index in [0.717, 1.165) is 0 Å². The van der Waals surface area contributed by atoms with E-state index in [4.69, 9.17) is 17.3 Å². The fourth-order valence-corrected chi connectivity index (χ4v) is 2.68. The third-order valence-electron chi connectivity index (χ3n) is 3.62. The zero-order valence-electron chi connectivity index (χ0n) is 14.1. The number of nitrogens with two attached hydrogens (primary N) is 1. The second kappa shape index (κ2) is 9.72. The van der Waals surface area contributed by atoms with E-state index in [-0.39, 0.29) is 24.6 Å². The maximum absolute atomic E-state index is 12.2. The summed E-state index contributed by atoms with van der Waals surface area (Å²) in [5, 5.41) is 5.59. The van der Waals surface area contributed by atoms with Crippen molar-refractivity contribution in [2.45, 2.75) is 25.6 Å². The van der Waals surface area contributed by atoms with Crippen molar-refractivity contribution in [1.29, 1.82) is 0 Å². The van der Waals surface area contributed by atoms with Crippen molar-refractivity contribution in [3.63, 3.8) is 0 Å². The lowest BCUT2D eigenvalue weighted by Crippen LogP contribution is -2.36. The largest absolute Gasteiger partial charge is 0.435 e. The molecule has 1 unspecified atom stereocenters. The molecule has 27 heavy (non-hydrogen) atoms. The smallest absolute Gasteiger partial charge is 0.387 e. The zero-order valence-corrected chi connectivity index (χ0v) is 14.9. The molecule has 0 aliphatic carbocycles. The minimum absolute atomic E-state index is 0.0320. The highest BCUT2D eigenvalue weighted by Crippen LogP contribution is 2.25. The van der Waals surface area contributed by atoms with Gasteiger partial charge < -0.3 is 21.1 Å². The van der Waals surface area contributed by atoms with Crippen LogP contribution in [0.5, 0.6) is 5.75 Å². The van der Waals surface area contributed by atoms with Gasteiger partial charge in [0.2, 0.25) is 5.91 Å². The Balaban J connectivity index is 1.95. The highest BCUT2D eigenvalue weighted by Gasteiger charge is 2.19. The summed E-state index contributed by atoms with van der Waals surface area (Å²) < 4.78 is 28.5. The van der Waals surface area contributed by atoms with E-state index in [1.807, 2.05) is 0 Å². The van der Waals surface area contributed by atoms with Gasteiger partial charge in [-0.25, -0.2) is 4.79 Å². The predicted octanol–water partition coefficient (Wildman–Crippen LogP) is 3.36. The number of ether oxygens (including phenoxy) is 1. The molecule has 2 rings (SSSR count). The van der Waals surface area contributed by atoms with Crippen LogP contribution in [0.15, 0.2) is 48.5 Å². The maximum atomic E-state index is 12.2. The summed E-state index contributed by atoms with van der Waals surface area (Å²) >= 11 is 6.12. The van der Waals surface area contributed by atoms with Crippen LogP contribution in [0.1, 0.15) is 23.6 Å². The lowest BCUT2D eigenvalue weighted by molar-refractivity contribution is -0.121. The number of nitrogens with one attached hydrogen (secondary N) is 2. The first-order valence-corrected chi connectivity index (χ1v) is 8.34. The van der Waals surface area contributed by atoms with Gasteiger partial charge >= 0.3 is 12.6 Å². The Bertz CT molecular complexity index is 788. The Morgan fingerprint density at radius 2 is 1.78 bits per heavy atom. The molecular formula is C18H18ClF2N3O3. The fraction of sp³-hybridized carbons (Fsp3) is 0.222. The summed E-state index contributed by atoms with van der Waals surface area (Å²) in [6.07, 6.45) is -0.0702. The minimum Gasteiger partial charge on any atom is -0.435 e. The van der Waals surface area contributed by atoms with Gasteiger partial charge in [-0.05, 0) is 29.3 Å². The number of primary amides is 1. The second-order valence-electron chi connectivity index (χ2n) is 5.59. The molecule has 0 aromatic heterocycles. The molecule has 0 spiro atoms. The van der Waals surface area contributed by atoms with Crippen molar-refractivity contribution in [2.24, 2.45) is 5.73 Å². The van der Waals surface area contributed by atoms with Gasteiger partial charge in [-0.3, -0.25) is 4.79 Å². The first kappa shape index (κ1) is 20.4. The molecule has 0 aliphatic rings. The van der Waals surface area contributed by atoms with Crippen LogP contribution in [0.3, 0.4) is 0 Å². The van der Waals surface area contributed by atoms with Crippen molar-refractivity contribution in [1.82, 2.24) is 10.6 Å². The maximum Gasteiger partial charge on any atom is 0.387 e. The number of alkyl halides is 2. The van der Waals surface area contributed by atoms with Crippen molar-refractivity contribution in [3.05, 3.63) is 64.7 Å². The van der Waals surface area contributed by atoms with Crippen LogP contribution in [0.25, 0.3) is 0 Å². The Morgan fingerprint density at radius 3 is 2.37 bits per heavy atom. The molecule has 2 aromatic carbocycles. The molecule has 0 bridgehead atoms. The third kappa shape index (κ3) is 6.74. The number of carbonyl (C=O) groups is 2. The lowest BCUT2D eigenvalue weighted by Gasteiger charge is -2.19. The van der Waals surface area contributed by atoms with Crippen LogP contribution in [-0.4, -0.2) is 18.5 Å². The van der Waals surface area contributed by atoms with E-state index in [9.17, 15) is 18.4 Å². The number of carbonyl (C=O) groups excluding carboxylic acids is 2. The molecule has 4 N–H and O–H groups in total. The number of halogens is 3.